The van der Waals surface area contributed by atoms with Gasteiger partial charge in [-0.1, -0.05) is 20.8 Å². The molecule has 0 amide bonds. The summed E-state index contributed by atoms with van der Waals surface area (Å²) in [6.07, 6.45) is 3.27. The van der Waals surface area contributed by atoms with E-state index in [1.807, 2.05) is 0 Å². The third-order valence-electron chi connectivity index (χ3n) is 4.55. The van der Waals surface area contributed by atoms with E-state index in [0.29, 0.717) is 0 Å². The smallest absolute Gasteiger partial charge is 0.182 e. The first-order valence-corrected chi connectivity index (χ1v) is 9.45. The lowest BCUT2D eigenvalue weighted by Gasteiger charge is -2.34. The molecule has 1 N–H and O–H groups in total. The van der Waals surface area contributed by atoms with Gasteiger partial charge < -0.3 is 9.88 Å². The summed E-state index contributed by atoms with van der Waals surface area (Å²) in [5, 5.41) is 3.40. The number of nitrogens with one attached hydrogen (secondary N) is 1. The Morgan fingerprint density at radius 1 is 1.12 bits per heavy atom. The van der Waals surface area contributed by atoms with Crippen molar-refractivity contribution in [2.75, 3.05) is 31.1 Å². The van der Waals surface area contributed by atoms with Crippen LogP contribution in [0.3, 0.4) is 0 Å². The number of anilines is 1. The molecule has 3 aromatic rings. The van der Waals surface area contributed by atoms with Gasteiger partial charge in [-0.15, -0.1) is 11.3 Å². The molecule has 3 aromatic heterocycles. The largest absolute Gasteiger partial charge is 0.352 e. The Kier molecular flexibility index (Phi) is 4.16. The maximum Gasteiger partial charge on any atom is 0.182 e. The molecule has 132 valence electrons. The van der Waals surface area contributed by atoms with E-state index in [4.69, 9.17) is 4.98 Å². The van der Waals surface area contributed by atoms with Gasteiger partial charge in [-0.2, -0.15) is 0 Å². The first-order chi connectivity index (χ1) is 12.0. The second kappa shape index (κ2) is 6.34. The summed E-state index contributed by atoms with van der Waals surface area (Å²) >= 11 is 1.77. The Morgan fingerprint density at radius 2 is 1.92 bits per heavy atom. The highest BCUT2D eigenvalue weighted by atomic mass is 32.1. The van der Waals surface area contributed by atoms with Crippen molar-refractivity contribution in [1.29, 1.82) is 0 Å². The standard InChI is InChI=1S/C17H23N7S/c1-17(2,3)12-9-25-13(22-12)8-23-4-6-24(7-5-23)16-14-15(19-10-18-14)20-11-21-16/h9-11H,4-8H2,1-3H3,(H,18,19,20,21). The van der Waals surface area contributed by atoms with Crippen LogP contribution in [-0.2, 0) is 12.0 Å². The highest BCUT2D eigenvalue weighted by molar-refractivity contribution is 7.09. The van der Waals surface area contributed by atoms with Gasteiger partial charge in [0, 0.05) is 37.0 Å². The Labute approximate surface area is 151 Å². The normalized spacial score (nSPS) is 16.7. The maximum atomic E-state index is 4.82. The molecule has 0 spiro atoms. The van der Waals surface area contributed by atoms with Gasteiger partial charge in [0.15, 0.2) is 11.5 Å². The van der Waals surface area contributed by atoms with Gasteiger partial charge in [0.2, 0.25) is 0 Å². The molecule has 4 heterocycles. The SMILES string of the molecule is CC(C)(C)c1csc(CN2CCN(c3ncnc4nc[nH]c34)CC2)n1. The molecule has 0 bridgehead atoms. The summed E-state index contributed by atoms with van der Waals surface area (Å²) in [5.41, 5.74) is 2.96. The maximum absolute atomic E-state index is 4.82. The van der Waals surface area contributed by atoms with Crippen LogP contribution in [0.25, 0.3) is 11.2 Å². The monoisotopic (exact) mass is 357 g/mol. The van der Waals surface area contributed by atoms with Crippen LogP contribution in [0.15, 0.2) is 18.0 Å². The van der Waals surface area contributed by atoms with Gasteiger partial charge in [-0.25, -0.2) is 19.9 Å². The van der Waals surface area contributed by atoms with E-state index in [-0.39, 0.29) is 5.41 Å². The van der Waals surface area contributed by atoms with Gasteiger partial charge in [-0.3, -0.25) is 4.90 Å². The van der Waals surface area contributed by atoms with Crippen LogP contribution in [-0.4, -0.2) is 56.0 Å². The Balaban J connectivity index is 1.40. The molecule has 4 rings (SSSR count). The van der Waals surface area contributed by atoms with E-state index in [1.165, 1.54) is 10.7 Å². The average Bonchev–Trinajstić information content (AvgIpc) is 3.23. The first-order valence-electron chi connectivity index (χ1n) is 8.57. The second-order valence-corrected chi connectivity index (χ2v) is 8.38. The average molecular weight is 357 g/mol. The zero-order valence-corrected chi connectivity index (χ0v) is 15.7. The number of piperazine rings is 1. The molecule has 1 aliphatic heterocycles. The second-order valence-electron chi connectivity index (χ2n) is 7.44. The first kappa shape index (κ1) is 16.4. The number of H-pyrrole nitrogens is 1. The van der Waals surface area contributed by atoms with Crippen molar-refractivity contribution in [3.8, 4) is 0 Å². The molecule has 25 heavy (non-hydrogen) atoms. The van der Waals surface area contributed by atoms with Crippen molar-refractivity contribution in [3.63, 3.8) is 0 Å². The highest BCUT2D eigenvalue weighted by Crippen LogP contribution is 2.25. The number of thiazole rings is 1. The van der Waals surface area contributed by atoms with Crippen molar-refractivity contribution < 1.29 is 0 Å². The predicted molar refractivity (Wildman–Crippen MR) is 100.0 cm³/mol. The zero-order valence-electron chi connectivity index (χ0n) is 14.9. The van der Waals surface area contributed by atoms with Crippen LogP contribution >= 0.6 is 11.3 Å². The number of rotatable bonds is 3. The zero-order chi connectivity index (χ0) is 17.4. The number of hydrogen-bond acceptors (Lipinski definition) is 7. The van der Waals surface area contributed by atoms with Crippen LogP contribution in [0.4, 0.5) is 5.82 Å². The van der Waals surface area contributed by atoms with E-state index < -0.39 is 0 Å². The summed E-state index contributed by atoms with van der Waals surface area (Å²) in [4.78, 5) is 25.6. The minimum atomic E-state index is 0.121. The molecule has 0 aliphatic carbocycles. The van der Waals surface area contributed by atoms with Crippen LogP contribution < -0.4 is 4.90 Å². The molecule has 0 aromatic carbocycles. The number of hydrogen-bond donors (Lipinski definition) is 1. The minimum absolute atomic E-state index is 0.121. The van der Waals surface area contributed by atoms with E-state index in [0.717, 1.165) is 49.7 Å². The lowest BCUT2D eigenvalue weighted by atomic mass is 9.93. The molecule has 1 saturated heterocycles. The number of aromatic amines is 1. The molecule has 1 aliphatic rings. The van der Waals surface area contributed by atoms with Crippen molar-refractivity contribution in [2.45, 2.75) is 32.7 Å². The van der Waals surface area contributed by atoms with E-state index in [1.54, 1.807) is 24.0 Å². The van der Waals surface area contributed by atoms with Crippen molar-refractivity contribution in [3.05, 3.63) is 28.7 Å². The molecule has 0 atom stereocenters. The molecule has 7 nitrogen and oxygen atoms in total. The quantitative estimate of drug-likeness (QED) is 0.776. The topological polar surface area (TPSA) is 73.8 Å². The van der Waals surface area contributed by atoms with E-state index >= 15 is 0 Å². The van der Waals surface area contributed by atoms with Gasteiger partial charge in [-0.05, 0) is 0 Å². The van der Waals surface area contributed by atoms with Crippen molar-refractivity contribution in [2.24, 2.45) is 0 Å². The van der Waals surface area contributed by atoms with Crippen LogP contribution in [0.5, 0.6) is 0 Å². The van der Waals surface area contributed by atoms with Crippen molar-refractivity contribution in [1.82, 2.24) is 29.8 Å². The number of imidazole rings is 1. The van der Waals surface area contributed by atoms with Gasteiger partial charge in [0.05, 0.1) is 18.6 Å². The Bertz CT molecular complexity index is 855. The number of fused-ring (bicyclic) bond motifs is 1. The minimum Gasteiger partial charge on any atom is -0.352 e. The molecular formula is C17H23N7S. The summed E-state index contributed by atoms with van der Waals surface area (Å²) < 4.78 is 0. The van der Waals surface area contributed by atoms with Gasteiger partial charge in [0.1, 0.15) is 16.9 Å². The van der Waals surface area contributed by atoms with Gasteiger partial charge >= 0.3 is 0 Å². The fourth-order valence-corrected chi connectivity index (χ4v) is 4.09. The summed E-state index contributed by atoms with van der Waals surface area (Å²) in [6, 6.07) is 0. The lowest BCUT2D eigenvalue weighted by Crippen LogP contribution is -2.46. The highest BCUT2D eigenvalue weighted by Gasteiger charge is 2.22. The number of aromatic nitrogens is 5. The van der Waals surface area contributed by atoms with E-state index in [9.17, 15) is 0 Å². The van der Waals surface area contributed by atoms with Crippen LogP contribution in [0.1, 0.15) is 31.5 Å². The molecule has 0 saturated carbocycles. The lowest BCUT2D eigenvalue weighted by molar-refractivity contribution is 0.249. The number of nitrogens with zero attached hydrogens (tertiary/aromatic N) is 6. The summed E-state index contributed by atoms with van der Waals surface area (Å²) in [5.74, 6) is 0.950. The molecule has 8 heteroatoms. The molecule has 0 radical (unpaired) electrons. The van der Waals surface area contributed by atoms with E-state index in [2.05, 4.69) is 55.9 Å². The fraction of sp³-hybridized carbons (Fsp3) is 0.529. The Morgan fingerprint density at radius 3 is 2.64 bits per heavy atom. The third kappa shape index (κ3) is 3.36. The predicted octanol–water partition coefficient (Wildman–Crippen LogP) is 2.43. The van der Waals surface area contributed by atoms with Crippen molar-refractivity contribution >= 4 is 28.3 Å². The summed E-state index contributed by atoms with van der Waals surface area (Å²) in [6.45, 7) is 11.5. The van der Waals surface area contributed by atoms with Gasteiger partial charge in [0.25, 0.3) is 0 Å². The molecular weight excluding hydrogens is 334 g/mol. The van der Waals surface area contributed by atoms with Crippen LogP contribution in [0.2, 0.25) is 0 Å². The molecule has 1 fully saturated rings. The van der Waals surface area contributed by atoms with Crippen LogP contribution in [0, 0.1) is 0 Å². The Hall–Kier alpha value is -2.06. The molecule has 0 unspecified atom stereocenters. The summed E-state index contributed by atoms with van der Waals surface area (Å²) in [7, 11) is 0. The fourth-order valence-electron chi connectivity index (χ4n) is 3.03. The third-order valence-corrected chi connectivity index (χ3v) is 5.39.